The largest absolute Gasteiger partial charge is 0.354 e. The molecule has 0 radical (unpaired) electrons. The maximum Gasteiger partial charge on any atom is 0.274 e. The predicted octanol–water partition coefficient (Wildman–Crippen LogP) is 4.25. The van der Waals surface area contributed by atoms with Gasteiger partial charge in [0.2, 0.25) is 5.95 Å². The lowest BCUT2D eigenvalue weighted by Gasteiger charge is -2.11. The van der Waals surface area contributed by atoms with Gasteiger partial charge in [0, 0.05) is 17.9 Å². The Kier molecular flexibility index (Phi) is 6.15. The first-order chi connectivity index (χ1) is 13.2. The minimum Gasteiger partial charge on any atom is -0.354 e. The summed E-state index contributed by atoms with van der Waals surface area (Å²) in [7, 11) is 0. The molecule has 27 heavy (non-hydrogen) atoms. The number of aryl methyl sites for hydroxylation is 2. The van der Waals surface area contributed by atoms with Gasteiger partial charge in [-0.1, -0.05) is 55.5 Å². The van der Waals surface area contributed by atoms with Gasteiger partial charge in [-0.15, -0.1) is 0 Å². The lowest BCUT2D eigenvalue weighted by Crippen LogP contribution is -2.17. The SMILES string of the molecule is CCc1ccccc1NC(=O)c1cc(C)nc(NCCc2ccccc2)n1. The van der Waals surface area contributed by atoms with Crippen molar-refractivity contribution in [2.75, 3.05) is 17.2 Å². The first-order valence-electron chi connectivity index (χ1n) is 9.18. The van der Waals surface area contributed by atoms with Crippen LogP contribution in [0.25, 0.3) is 0 Å². The fourth-order valence-electron chi connectivity index (χ4n) is 2.86. The van der Waals surface area contributed by atoms with E-state index in [1.165, 1.54) is 5.56 Å². The van der Waals surface area contributed by atoms with Crippen molar-refractivity contribution in [2.24, 2.45) is 0 Å². The summed E-state index contributed by atoms with van der Waals surface area (Å²) in [6, 6.07) is 19.7. The normalized spacial score (nSPS) is 10.4. The van der Waals surface area contributed by atoms with Crippen molar-refractivity contribution >= 4 is 17.5 Å². The van der Waals surface area contributed by atoms with Crippen molar-refractivity contribution in [1.82, 2.24) is 9.97 Å². The summed E-state index contributed by atoms with van der Waals surface area (Å²) in [5.41, 5.74) is 4.27. The van der Waals surface area contributed by atoms with Gasteiger partial charge in [0.1, 0.15) is 5.69 Å². The van der Waals surface area contributed by atoms with E-state index in [2.05, 4.69) is 39.7 Å². The van der Waals surface area contributed by atoms with Crippen molar-refractivity contribution < 1.29 is 4.79 Å². The highest BCUT2D eigenvalue weighted by Gasteiger charge is 2.12. The van der Waals surface area contributed by atoms with Crippen LogP contribution in [0.15, 0.2) is 60.7 Å². The average Bonchev–Trinajstić information content (AvgIpc) is 2.69. The van der Waals surface area contributed by atoms with E-state index in [1.807, 2.05) is 49.4 Å². The third-order valence-corrected chi connectivity index (χ3v) is 4.27. The van der Waals surface area contributed by atoms with Crippen LogP contribution in [0.5, 0.6) is 0 Å². The molecule has 0 saturated carbocycles. The molecule has 3 aromatic rings. The molecule has 0 saturated heterocycles. The second-order valence-electron chi connectivity index (χ2n) is 6.35. The molecule has 2 aromatic carbocycles. The number of nitrogens with one attached hydrogen (secondary N) is 2. The van der Waals surface area contributed by atoms with E-state index in [-0.39, 0.29) is 5.91 Å². The summed E-state index contributed by atoms with van der Waals surface area (Å²) in [6.45, 7) is 4.63. The molecule has 138 valence electrons. The Labute approximate surface area is 159 Å². The molecule has 3 rings (SSSR count). The lowest BCUT2D eigenvalue weighted by atomic mass is 10.1. The first kappa shape index (κ1) is 18.6. The van der Waals surface area contributed by atoms with Crippen LogP contribution in [0.1, 0.15) is 34.2 Å². The summed E-state index contributed by atoms with van der Waals surface area (Å²) in [6.07, 6.45) is 1.72. The van der Waals surface area contributed by atoms with Crippen LogP contribution in [0, 0.1) is 6.92 Å². The highest BCUT2D eigenvalue weighted by molar-refractivity contribution is 6.03. The molecule has 0 aliphatic heterocycles. The van der Waals surface area contributed by atoms with Crippen molar-refractivity contribution in [3.05, 3.63) is 83.2 Å². The molecular formula is C22H24N4O. The Balaban J connectivity index is 1.68. The van der Waals surface area contributed by atoms with Crippen molar-refractivity contribution in [2.45, 2.75) is 26.7 Å². The summed E-state index contributed by atoms with van der Waals surface area (Å²) in [5.74, 6) is 0.243. The summed E-state index contributed by atoms with van der Waals surface area (Å²) >= 11 is 0. The van der Waals surface area contributed by atoms with Crippen LogP contribution in [0.4, 0.5) is 11.6 Å². The Morgan fingerprint density at radius 3 is 2.52 bits per heavy atom. The number of hydrogen-bond donors (Lipinski definition) is 2. The Morgan fingerprint density at radius 2 is 1.74 bits per heavy atom. The number of nitrogens with zero attached hydrogens (tertiary/aromatic N) is 2. The minimum absolute atomic E-state index is 0.229. The second kappa shape index (κ2) is 8.94. The molecule has 2 N–H and O–H groups in total. The third-order valence-electron chi connectivity index (χ3n) is 4.27. The number of amides is 1. The smallest absolute Gasteiger partial charge is 0.274 e. The van der Waals surface area contributed by atoms with Gasteiger partial charge in [-0.2, -0.15) is 0 Å². The van der Waals surface area contributed by atoms with Gasteiger partial charge in [-0.25, -0.2) is 9.97 Å². The molecule has 1 heterocycles. The van der Waals surface area contributed by atoms with Crippen molar-refractivity contribution in [1.29, 1.82) is 0 Å². The zero-order chi connectivity index (χ0) is 19.1. The molecular weight excluding hydrogens is 336 g/mol. The van der Waals surface area contributed by atoms with Gasteiger partial charge in [-0.3, -0.25) is 4.79 Å². The van der Waals surface area contributed by atoms with Crippen molar-refractivity contribution in [3.63, 3.8) is 0 Å². The molecule has 0 atom stereocenters. The average molecular weight is 360 g/mol. The molecule has 1 aromatic heterocycles. The molecule has 5 heteroatoms. The van der Waals surface area contributed by atoms with Gasteiger partial charge in [0.05, 0.1) is 0 Å². The number of anilines is 2. The van der Waals surface area contributed by atoms with Gasteiger partial charge in [-0.05, 0) is 43.0 Å². The lowest BCUT2D eigenvalue weighted by molar-refractivity contribution is 0.102. The Hall–Kier alpha value is -3.21. The topological polar surface area (TPSA) is 66.9 Å². The van der Waals surface area contributed by atoms with Gasteiger partial charge < -0.3 is 10.6 Å². The van der Waals surface area contributed by atoms with Crippen molar-refractivity contribution in [3.8, 4) is 0 Å². The number of aromatic nitrogens is 2. The Morgan fingerprint density at radius 1 is 1.00 bits per heavy atom. The summed E-state index contributed by atoms with van der Waals surface area (Å²) in [4.78, 5) is 21.4. The van der Waals surface area contributed by atoms with Gasteiger partial charge in [0.25, 0.3) is 5.91 Å². The number of carbonyl (C=O) groups excluding carboxylic acids is 1. The number of carbonyl (C=O) groups is 1. The molecule has 0 bridgehead atoms. The van der Waals surface area contributed by atoms with Crippen LogP contribution in [-0.2, 0) is 12.8 Å². The van der Waals surface area contributed by atoms with E-state index in [4.69, 9.17) is 0 Å². The molecule has 0 unspecified atom stereocenters. The van der Waals surface area contributed by atoms with E-state index >= 15 is 0 Å². The minimum atomic E-state index is -0.229. The van der Waals surface area contributed by atoms with E-state index in [0.29, 0.717) is 18.2 Å². The van der Waals surface area contributed by atoms with E-state index < -0.39 is 0 Å². The van der Waals surface area contributed by atoms with E-state index in [0.717, 1.165) is 29.8 Å². The number of benzene rings is 2. The predicted molar refractivity (Wildman–Crippen MR) is 109 cm³/mol. The highest BCUT2D eigenvalue weighted by Crippen LogP contribution is 2.17. The molecule has 0 fully saturated rings. The van der Waals surface area contributed by atoms with E-state index in [1.54, 1.807) is 6.07 Å². The molecule has 1 amide bonds. The fraction of sp³-hybridized carbons (Fsp3) is 0.227. The zero-order valence-electron chi connectivity index (χ0n) is 15.7. The fourth-order valence-corrected chi connectivity index (χ4v) is 2.86. The maximum absolute atomic E-state index is 12.7. The summed E-state index contributed by atoms with van der Waals surface area (Å²) in [5, 5.41) is 6.17. The number of hydrogen-bond acceptors (Lipinski definition) is 4. The maximum atomic E-state index is 12.7. The van der Waals surface area contributed by atoms with Crippen LogP contribution in [0.3, 0.4) is 0 Å². The van der Waals surface area contributed by atoms with Gasteiger partial charge in [0.15, 0.2) is 0 Å². The highest BCUT2D eigenvalue weighted by atomic mass is 16.1. The monoisotopic (exact) mass is 360 g/mol. The van der Waals surface area contributed by atoms with Crippen LogP contribution in [0.2, 0.25) is 0 Å². The van der Waals surface area contributed by atoms with E-state index in [9.17, 15) is 4.79 Å². The van der Waals surface area contributed by atoms with Crippen LogP contribution >= 0.6 is 0 Å². The number of para-hydroxylation sites is 1. The quantitative estimate of drug-likeness (QED) is 0.661. The van der Waals surface area contributed by atoms with Crippen LogP contribution < -0.4 is 10.6 Å². The molecule has 5 nitrogen and oxygen atoms in total. The van der Waals surface area contributed by atoms with Crippen LogP contribution in [-0.4, -0.2) is 22.4 Å². The first-order valence-corrected chi connectivity index (χ1v) is 9.18. The summed E-state index contributed by atoms with van der Waals surface area (Å²) < 4.78 is 0. The molecule has 0 spiro atoms. The molecule has 0 aliphatic rings. The zero-order valence-corrected chi connectivity index (χ0v) is 15.7. The number of rotatable bonds is 7. The Bertz CT molecular complexity index is 909. The molecule has 0 aliphatic carbocycles. The standard InChI is InChI=1S/C22H24N4O/c1-3-18-11-7-8-12-19(18)25-21(27)20-15-16(2)24-22(26-20)23-14-13-17-9-5-4-6-10-17/h4-12,15H,3,13-14H2,1-2H3,(H,25,27)(H,23,24,26). The van der Waals surface area contributed by atoms with Gasteiger partial charge >= 0.3 is 0 Å². The third kappa shape index (κ3) is 5.14. The second-order valence-corrected chi connectivity index (χ2v) is 6.35.